The van der Waals surface area contributed by atoms with Crippen molar-refractivity contribution < 1.29 is 9.13 Å². The quantitative estimate of drug-likeness (QED) is 0.421. The maximum absolute atomic E-state index is 13.8. The third kappa shape index (κ3) is 6.18. The van der Waals surface area contributed by atoms with Crippen LogP contribution in [0.5, 0.6) is 5.75 Å². The normalized spacial score (nSPS) is 12.0. The second-order valence-electron chi connectivity index (χ2n) is 6.94. The van der Waals surface area contributed by atoms with Crippen LogP contribution < -0.4 is 10.1 Å². The Hall–Kier alpha value is -2.17. The van der Waals surface area contributed by atoms with E-state index in [0.717, 1.165) is 28.6 Å². The van der Waals surface area contributed by atoms with Crippen LogP contribution >= 0.6 is 15.9 Å². The van der Waals surface area contributed by atoms with E-state index in [0.29, 0.717) is 18.2 Å². The Kier molecular flexibility index (Phi) is 7.63. The van der Waals surface area contributed by atoms with Gasteiger partial charge in [-0.1, -0.05) is 64.5 Å². The zero-order chi connectivity index (χ0) is 19.8. The monoisotopic (exact) mass is 441 g/mol. The van der Waals surface area contributed by atoms with Gasteiger partial charge in [-0.15, -0.1) is 0 Å². The molecule has 0 amide bonds. The molecule has 0 aliphatic rings. The van der Waals surface area contributed by atoms with Crippen molar-refractivity contribution in [1.82, 2.24) is 5.32 Å². The van der Waals surface area contributed by atoms with Gasteiger partial charge in [0.2, 0.25) is 0 Å². The van der Waals surface area contributed by atoms with E-state index in [-0.39, 0.29) is 12.4 Å². The van der Waals surface area contributed by atoms with Crippen molar-refractivity contribution >= 4 is 15.9 Å². The summed E-state index contributed by atoms with van der Waals surface area (Å²) in [4.78, 5) is 0. The van der Waals surface area contributed by atoms with Crippen molar-refractivity contribution in [2.75, 3.05) is 0 Å². The molecule has 3 aromatic carbocycles. The summed E-state index contributed by atoms with van der Waals surface area (Å²) >= 11 is 3.53. The topological polar surface area (TPSA) is 21.3 Å². The lowest BCUT2D eigenvalue weighted by Gasteiger charge is -2.17. The van der Waals surface area contributed by atoms with Gasteiger partial charge >= 0.3 is 0 Å². The first-order valence-electron chi connectivity index (χ1n) is 9.54. The zero-order valence-electron chi connectivity index (χ0n) is 16.0. The lowest BCUT2D eigenvalue weighted by molar-refractivity contribution is 0.295. The SMILES string of the molecule is C[C@@H](CCc1ccccc1)NCc1cc(Br)ccc1OCc1ccccc1F. The van der Waals surface area contributed by atoms with Gasteiger partial charge in [-0.05, 0) is 49.6 Å². The Morgan fingerprint density at radius 3 is 2.50 bits per heavy atom. The number of aryl methyl sites for hydroxylation is 1. The molecule has 3 aromatic rings. The molecule has 2 nitrogen and oxygen atoms in total. The van der Waals surface area contributed by atoms with Crippen LogP contribution in [0, 0.1) is 5.82 Å². The smallest absolute Gasteiger partial charge is 0.129 e. The molecule has 1 atom stereocenters. The molecule has 0 bridgehead atoms. The van der Waals surface area contributed by atoms with Crippen molar-refractivity contribution in [1.29, 1.82) is 0 Å². The summed E-state index contributed by atoms with van der Waals surface area (Å²) in [5.74, 6) is 0.531. The molecule has 28 heavy (non-hydrogen) atoms. The van der Waals surface area contributed by atoms with Gasteiger partial charge in [-0.2, -0.15) is 0 Å². The Morgan fingerprint density at radius 2 is 1.71 bits per heavy atom. The van der Waals surface area contributed by atoms with Crippen molar-refractivity contribution in [3.8, 4) is 5.75 Å². The Labute approximate surface area is 174 Å². The highest BCUT2D eigenvalue weighted by Gasteiger charge is 2.09. The van der Waals surface area contributed by atoms with Crippen LogP contribution in [0.4, 0.5) is 4.39 Å². The van der Waals surface area contributed by atoms with E-state index in [1.54, 1.807) is 12.1 Å². The molecule has 0 radical (unpaired) electrons. The number of halogens is 2. The summed E-state index contributed by atoms with van der Waals surface area (Å²) in [7, 11) is 0. The van der Waals surface area contributed by atoms with Crippen LogP contribution in [-0.4, -0.2) is 6.04 Å². The predicted octanol–water partition coefficient (Wildman–Crippen LogP) is 6.28. The van der Waals surface area contributed by atoms with Crippen LogP contribution in [0.15, 0.2) is 77.3 Å². The summed E-state index contributed by atoms with van der Waals surface area (Å²) in [6.45, 7) is 3.10. The lowest BCUT2D eigenvalue weighted by atomic mass is 10.1. The van der Waals surface area contributed by atoms with E-state index in [1.807, 2.05) is 30.3 Å². The van der Waals surface area contributed by atoms with Crippen molar-refractivity contribution in [3.05, 3.63) is 99.8 Å². The summed E-state index contributed by atoms with van der Waals surface area (Å²) in [6.07, 6.45) is 2.10. The van der Waals surface area contributed by atoms with Crippen LogP contribution in [0.3, 0.4) is 0 Å². The molecule has 0 fully saturated rings. The Morgan fingerprint density at radius 1 is 0.964 bits per heavy atom. The molecule has 0 aliphatic carbocycles. The van der Waals surface area contributed by atoms with E-state index in [9.17, 15) is 4.39 Å². The van der Waals surface area contributed by atoms with Gasteiger partial charge in [-0.25, -0.2) is 4.39 Å². The second-order valence-corrected chi connectivity index (χ2v) is 7.85. The maximum atomic E-state index is 13.8. The fourth-order valence-electron chi connectivity index (χ4n) is 3.01. The average molecular weight is 442 g/mol. The average Bonchev–Trinajstić information content (AvgIpc) is 2.72. The van der Waals surface area contributed by atoms with Crippen LogP contribution in [0.25, 0.3) is 0 Å². The van der Waals surface area contributed by atoms with E-state index < -0.39 is 0 Å². The number of hydrogen-bond acceptors (Lipinski definition) is 2. The minimum Gasteiger partial charge on any atom is -0.488 e. The first-order valence-corrected chi connectivity index (χ1v) is 10.3. The van der Waals surface area contributed by atoms with Gasteiger partial charge in [0.1, 0.15) is 18.2 Å². The fourth-order valence-corrected chi connectivity index (χ4v) is 3.42. The van der Waals surface area contributed by atoms with Gasteiger partial charge in [0, 0.05) is 28.2 Å². The molecular weight excluding hydrogens is 417 g/mol. The molecule has 3 rings (SSSR count). The van der Waals surface area contributed by atoms with E-state index in [4.69, 9.17) is 4.74 Å². The lowest BCUT2D eigenvalue weighted by Crippen LogP contribution is -2.26. The maximum Gasteiger partial charge on any atom is 0.129 e. The van der Waals surface area contributed by atoms with Crippen LogP contribution in [0.1, 0.15) is 30.0 Å². The summed E-state index contributed by atoms with van der Waals surface area (Å²) in [5.41, 5.74) is 2.96. The van der Waals surface area contributed by atoms with Crippen LogP contribution in [-0.2, 0) is 19.6 Å². The number of nitrogens with one attached hydrogen (secondary N) is 1. The van der Waals surface area contributed by atoms with Gasteiger partial charge in [0.05, 0.1) is 0 Å². The molecule has 0 heterocycles. The molecule has 4 heteroatoms. The highest BCUT2D eigenvalue weighted by Crippen LogP contribution is 2.25. The molecule has 0 spiro atoms. The summed E-state index contributed by atoms with van der Waals surface area (Å²) < 4.78 is 20.8. The molecule has 0 aromatic heterocycles. The van der Waals surface area contributed by atoms with Crippen molar-refractivity contribution in [2.24, 2.45) is 0 Å². The standard InChI is InChI=1S/C24H25BrFNO/c1-18(11-12-19-7-3-2-4-8-19)27-16-21-15-22(25)13-14-24(21)28-17-20-9-5-6-10-23(20)26/h2-10,13-15,18,27H,11-12,16-17H2,1H3/t18-/m0/s1. The molecule has 1 N–H and O–H groups in total. The van der Waals surface area contributed by atoms with E-state index in [2.05, 4.69) is 52.4 Å². The van der Waals surface area contributed by atoms with Gasteiger partial charge in [-0.3, -0.25) is 0 Å². The van der Waals surface area contributed by atoms with Crippen molar-refractivity contribution in [3.63, 3.8) is 0 Å². The largest absolute Gasteiger partial charge is 0.488 e. The van der Waals surface area contributed by atoms with Gasteiger partial charge < -0.3 is 10.1 Å². The van der Waals surface area contributed by atoms with E-state index >= 15 is 0 Å². The first-order chi connectivity index (χ1) is 13.6. The molecule has 0 unspecified atom stereocenters. The molecule has 0 saturated carbocycles. The van der Waals surface area contributed by atoms with Gasteiger partial charge in [0.15, 0.2) is 0 Å². The van der Waals surface area contributed by atoms with Crippen LogP contribution in [0.2, 0.25) is 0 Å². The minimum absolute atomic E-state index is 0.213. The third-order valence-electron chi connectivity index (χ3n) is 4.71. The molecular formula is C24H25BrFNO. The highest BCUT2D eigenvalue weighted by molar-refractivity contribution is 9.10. The molecule has 0 aliphatic heterocycles. The summed E-state index contributed by atoms with van der Waals surface area (Å²) in [5, 5.41) is 3.57. The fraction of sp³-hybridized carbons (Fsp3) is 0.250. The van der Waals surface area contributed by atoms with Gasteiger partial charge in [0.25, 0.3) is 0 Å². The van der Waals surface area contributed by atoms with E-state index in [1.165, 1.54) is 11.6 Å². The first kappa shape index (κ1) is 20.6. The van der Waals surface area contributed by atoms with Crippen molar-refractivity contribution in [2.45, 2.75) is 39.0 Å². The number of ether oxygens (including phenoxy) is 1. The zero-order valence-corrected chi connectivity index (χ0v) is 17.6. The second kappa shape index (κ2) is 10.4. The third-order valence-corrected chi connectivity index (χ3v) is 5.21. The number of rotatable bonds is 9. The molecule has 0 saturated heterocycles. The number of hydrogen-bond donors (Lipinski definition) is 1. The Balaban J connectivity index is 1.57. The summed E-state index contributed by atoms with van der Waals surface area (Å²) in [6, 6.07) is 23.5. The molecule has 146 valence electrons. The highest BCUT2D eigenvalue weighted by atomic mass is 79.9. The minimum atomic E-state index is -0.242. The Bertz CT molecular complexity index is 885. The number of benzene rings is 3. The predicted molar refractivity (Wildman–Crippen MR) is 116 cm³/mol.